The van der Waals surface area contributed by atoms with E-state index in [-0.39, 0.29) is 6.04 Å². The molecule has 2 aromatic carbocycles. The molecule has 0 radical (unpaired) electrons. The minimum absolute atomic E-state index is 0.106. The van der Waals surface area contributed by atoms with Crippen molar-refractivity contribution < 1.29 is 0 Å². The average molecular weight is 307 g/mol. The normalized spacial score (nSPS) is 12.4. The lowest BCUT2D eigenvalue weighted by Crippen LogP contribution is -2.29. The van der Waals surface area contributed by atoms with E-state index in [0.717, 1.165) is 15.7 Å². The van der Waals surface area contributed by atoms with Crippen LogP contribution in [-0.4, -0.2) is 5.75 Å². The fourth-order valence-electron chi connectivity index (χ4n) is 2.19. The third kappa shape index (κ3) is 4.00. The minimum Gasteiger partial charge on any atom is -0.271 e. The molecule has 1 unspecified atom stereocenters. The average Bonchev–Trinajstić information content (AvgIpc) is 2.40. The maximum absolute atomic E-state index is 6.17. The smallest absolute Gasteiger partial charge is 0.0554 e. The van der Waals surface area contributed by atoms with Crippen LogP contribution in [0.2, 0.25) is 5.02 Å². The molecule has 0 aliphatic rings. The number of hydrogen-bond donors (Lipinski definition) is 2. The lowest BCUT2D eigenvalue weighted by atomic mass is 10.0. The van der Waals surface area contributed by atoms with Crippen LogP contribution in [0.5, 0.6) is 0 Å². The fourth-order valence-corrected chi connectivity index (χ4v) is 3.50. The Labute approximate surface area is 129 Å². The van der Waals surface area contributed by atoms with Crippen LogP contribution in [0.3, 0.4) is 0 Å². The van der Waals surface area contributed by atoms with Crippen LogP contribution in [0.25, 0.3) is 0 Å². The quantitative estimate of drug-likeness (QED) is 0.492. The second-order valence-electron chi connectivity index (χ2n) is 4.88. The van der Waals surface area contributed by atoms with Gasteiger partial charge < -0.3 is 0 Å². The highest BCUT2D eigenvalue weighted by Gasteiger charge is 2.12. The number of hydrazine groups is 1. The number of thioether (sulfide) groups is 1. The molecular weight excluding hydrogens is 288 g/mol. The molecule has 0 saturated carbocycles. The van der Waals surface area contributed by atoms with Crippen LogP contribution >= 0.6 is 23.4 Å². The number of benzene rings is 2. The summed E-state index contributed by atoms with van der Waals surface area (Å²) in [7, 11) is 0. The van der Waals surface area contributed by atoms with Crippen LogP contribution in [-0.2, 0) is 0 Å². The number of halogens is 1. The van der Waals surface area contributed by atoms with E-state index in [1.54, 1.807) is 11.8 Å². The zero-order valence-electron chi connectivity index (χ0n) is 11.7. The van der Waals surface area contributed by atoms with Crippen molar-refractivity contribution in [1.29, 1.82) is 0 Å². The highest BCUT2D eigenvalue weighted by molar-refractivity contribution is 7.99. The van der Waals surface area contributed by atoms with Crippen LogP contribution < -0.4 is 11.3 Å². The predicted molar refractivity (Wildman–Crippen MR) is 88.2 cm³/mol. The summed E-state index contributed by atoms with van der Waals surface area (Å²) < 4.78 is 0. The molecule has 0 amide bonds. The third-order valence-corrected chi connectivity index (χ3v) is 4.70. The monoisotopic (exact) mass is 306 g/mol. The van der Waals surface area contributed by atoms with E-state index in [9.17, 15) is 0 Å². The highest BCUT2D eigenvalue weighted by Crippen LogP contribution is 2.30. The van der Waals surface area contributed by atoms with Crippen molar-refractivity contribution in [3.63, 3.8) is 0 Å². The van der Waals surface area contributed by atoms with Crippen molar-refractivity contribution in [2.75, 3.05) is 5.75 Å². The molecule has 106 valence electrons. The second-order valence-corrected chi connectivity index (χ2v) is 6.35. The van der Waals surface area contributed by atoms with Crippen molar-refractivity contribution in [3.05, 3.63) is 64.2 Å². The first-order chi connectivity index (χ1) is 9.60. The maximum Gasteiger partial charge on any atom is 0.0554 e. The lowest BCUT2D eigenvalue weighted by Gasteiger charge is -2.17. The van der Waals surface area contributed by atoms with Gasteiger partial charge in [-0.15, -0.1) is 11.8 Å². The van der Waals surface area contributed by atoms with Gasteiger partial charge in [-0.1, -0.05) is 53.1 Å². The van der Waals surface area contributed by atoms with Gasteiger partial charge in [-0.3, -0.25) is 11.3 Å². The summed E-state index contributed by atoms with van der Waals surface area (Å²) in [6.07, 6.45) is 0. The zero-order valence-corrected chi connectivity index (χ0v) is 13.3. The summed E-state index contributed by atoms with van der Waals surface area (Å²) in [5.74, 6) is 6.55. The van der Waals surface area contributed by atoms with Crippen molar-refractivity contribution >= 4 is 23.4 Å². The molecule has 20 heavy (non-hydrogen) atoms. The number of aryl methyl sites for hydroxylation is 2. The largest absolute Gasteiger partial charge is 0.271 e. The van der Waals surface area contributed by atoms with Crippen LogP contribution in [0.4, 0.5) is 0 Å². The Kier molecular flexibility index (Phi) is 5.49. The third-order valence-electron chi connectivity index (χ3n) is 3.09. The van der Waals surface area contributed by atoms with Gasteiger partial charge in [0, 0.05) is 10.6 Å². The second kappa shape index (κ2) is 7.14. The van der Waals surface area contributed by atoms with Gasteiger partial charge in [0.05, 0.1) is 11.1 Å². The summed E-state index contributed by atoms with van der Waals surface area (Å²) in [6.45, 7) is 4.20. The van der Waals surface area contributed by atoms with Gasteiger partial charge in [0.15, 0.2) is 0 Å². The molecule has 3 N–H and O–H groups in total. The Morgan fingerprint density at radius 2 is 1.80 bits per heavy atom. The molecule has 2 nitrogen and oxygen atoms in total. The van der Waals surface area contributed by atoms with Crippen LogP contribution in [0.1, 0.15) is 22.7 Å². The molecule has 0 heterocycles. The fraction of sp³-hybridized carbons (Fsp3) is 0.250. The molecule has 2 aromatic rings. The molecule has 2 rings (SSSR count). The first-order valence-corrected chi connectivity index (χ1v) is 7.88. The summed E-state index contributed by atoms with van der Waals surface area (Å²) >= 11 is 7.89. The summed E-state index contributed by atoms with van der Waals surface area (Å²) in [5, 5.41) is 0.786. The van der Waals surface area contributed by atoms with E-state index in [0.29, 0.717) is 0 Å². The van der Waals surface area contributed by atoms with E-state index in [1.807, 2.05) is 24.3 Å². The Bertz CT molecular complexity index is 566. The summed E-state index contributed by atoms with van der Waals surface area (Å²) in [5.41, 5.74) is 6.62. The van der Waals surface area contributed by atoms with Gasteiger partial charge in [0.2, 0.25) is 0 Å². The van der Waals surface area contributed by atoms with E-state index >= 15 is 0 Å². The topological polar surface area (TPSA) is 38.0 Å². The molecule has 0 aliphatic carbocycles. The highest BCUT2D eigenvalue weighted by atomic mass is 35.5. The SMILES string of the molecule is Cc1cc(C)cc(C(CSc2ccccc2Cl)NN)c1. The van der Waals surface area contributed by atoms with E-state index in [1.165, 1.54) is 16.7 Å². The zero-order chi connectivity index (χ0) is 14.5. The van der Waals surface area contributed by atoms with Crippen LogP contribution in [0, 0.1) is 13.8 Å². The van der Waals surface area contributed by atoms with Crippen molar-refractivity contribution in [1.82, 2.24) is 5.43 Å². The Morgan fingerprint density at radius 1 is 1.15 bits per heavy atom. The van der Waals surface area contributed by atoms with E-state index in [4.69, 9.17) is 17.4 Å². The summed E-state index contributed by atoms with van der Waals surface area (Å²) in [6, 6.07) is 14.5. The molecule has 0 aromatic heterocycles. The Balaban J connectivity index is 2.11. The molecule has 4 heteroatoms. The molecule has 0 bridgehead atoms. The van der Waals surface area contributed by atoms with Crippen molar-refractivity contribution in [2.24, 2.45) is 5.84 Å². The maximum atomic E-state index is 6.17. The van der Waals surface area contributed by atoms with Gasteiger partial charge >= 0.3 is 0 Å². The predicted octanol–water partition coefficient (Wildman–Crippen LogP) is 4.25. The molecular formula is C16H19ClN2S. The first-order valence-electron chi connectivity index (χ1n) is 6.52. The van der Waals surface area contributed by atoms with E-state index < -0.39 is 0 Å². The van der Waals surface area contributed by atoms with Gasteiger partial charge in [-0.05, 0) is 31.5 Å². The molecule has 1 atom stereocenters. The number of nitrogens with one attached hydrogen (secondary N) is 1. The summed E-state index contributed by atoms with van der Waals surface area (Å²) in [4.78, 5) is 1.08. The molecule has 0 saturated heterocycles. The number of rotatable bonds is 5. The van der Waals surface area contributed by atoms with Gasteiger partial charge in [-0.25, -0.2) is 0 Å². The molecule has 0 aliphatic heterocycles. The van der Waals surface area contributed by atoms with E-state index in [2.05, 4.69) is 37.5 Å². The molecule has 0 spiro atoms. The number of hydrogen-bond acceptors (Lipinski definition) is 3. The van der Waals surface area contributed by atoms with Gasteiger partial charge in [-0.2, -0.15) is 0 Å². The van der Waals surface area contributed by atoms with Gasteiger partial charge in [0.25, 0.3) is 0 Å². The lowest BCUT2D eigenvalue weighted by molar-refractivity contribution is 0.610. The Morgan fingerprint density at radius 3 is 2.40 bits per heavy atom. The van der Waals surface area contributed by atoms with Gasteiger partial charge in [0.1, 0.15) is 0 Å². The minimum atomic E-state index is 0.106. The number of nitrogens with two attached hydrogens (primary N) is 1. The van der Waals surface area contributed by atoms with Crippen molar-refractivity contribution in [3.8, 4) is 0 Å². The van der Waals surface area contributed by atoms with Crippen LogP contribution in [0.15, 0.2) is 47.4 Å². The first kappa shape index (κ1) is 15.4. The standard InChI is InChI=1S/C16H19ClN2S/c1-11-7-12(2)9-13(8-11)15(19-18)10-20-16-6-4-3-5-14(16)17/h3-9,15,19H,10,18H2,1-2H3. The molecule has 0 fully saturated rings. The van der Waals surface area contributed by atoms with Crippen molar-refractivity contribution in [2.45, 2.75) is 24.8 Å². The Hall–Kier alpha value is -1.00.